The van der Waals surface area contributed by atoms with Crippen LogP contribution in [0.1, 0.15) is 18.6 Å². The molecule has 1 atom stereocenters. The van der Waals surface area contributed by atoms with Crippen molar-refractivity contribution in [3.63, 3.8) is 0 Å². The summed E-state index contributed by atoms with van der Waals surface area (Å²) in [6, 6.07) is 9.64. The van der Waals surface area contributed by atoms with Crippen LogP contribution < -0.4 is 5.32 Å². The molecule has 0 aliphatic carbocycles. The highest BCUT2D eigenvalue weighted by Gasteiger charge is 2.31. The second-order valence-corrected chi connectivity index (χ2v) is 4.21. The van der Waals surface area contributed by atoms with Crippen LogP contribution in [-0.4, -0.2) is 36.5 Å². The Labute approximate surface area is 106 Å². The van der Waals surface area contributed by atoms with E-state index in [-0.39, 0.29) is 18.1 Å². The summed E-state index contributed by atoms with van der Waals surface area (Å²) in [5.74, 6) is -0.0952. The largest absolute Gasteiger partial charge is 0.439 e. The lowest BCUT2D eigenvalue weighted by Gasteiger charge is -2.12. The van der Waals surface area contributed by atoms with Crippen LogP contribution in [0.25, 0.3) is 0 Å². The van der Waals surface area contributed by atoms with Crippen LogP contribution in [0.4, 0.5) is 4.79 Å². The summed E-state index contributed by atoms with van der Waals surface area (Å²) in [6.07, 6.45) is -0.537. The maximum Gasteiger partial charge on any atom is 0.410 e. The number of nitrogens with one attached hydrogen (secondary N) is 1. The van der Waals surface area contributed by atoms with Gasteiger partial charge in [0.2, 0.25) is 5.91 Å². The van der Waals surface area contributed by atoms with E-state index in [2.05, 4.69) is 5.32 Å². The average Bonchev–Trinajstić information content (AvgIpc) is 2.72. The van der Waals surface area contributed by atoms with Crippen LogP contribution in [0, 0.1) is 0 Å². The second kappa shape index (κ2) is 5.53. The lowest BCUT2D eigenvalue weighted by atomic mass is 10.1. The van der Waals surface area contributed by atoms with E-state index < -0.39 is 0 Å². The molecule has 0 spiro atoms. The van der Waals surface area contributed by atoms with Gasteiger partial charge in [0.05, 0.1) is 6.54 Å². The number of cyclic esters (lactones) is 1. The van der Waals surface area contributed by atoms with Gasteiger partial charge in [0.15, 0.2) is 0 Å². The number of benzene rings is 1. The lowest BCUT2D eigenvalue weighted by Crippen LogP contribution is -2.34. The highest BCUT2D eigenvalue weighted by atomic mass is 16.6. The van der Waals surface area contributed by atoms with Gasteiger partial charge in [-0.1, -0.05) is 30.3 Å². The monoisotopic (exact) mass is 248 g/mol. The molecule has 1 unspecified atom stereocenters. The van der Waals surface area contributed by atoms with Crippen LogP contribution in [0.3, 0.4) is 0 Å². The fraction of sp³-hybridized carbons (Fsp3) is 0.385. The van der Waals surface area contributed by atoms with E-state index in [4.69, 9.17) is 4.74 Å². The topological polar surface area (TPSA) is 58.6 Å². The third-order valence-electron chi connectivity index (χ3n) is 2.81. The molecule has 1 N–H and O–H groups in total. The number of nitrogens with zero attached hydrogens (tertiary/aromatic N) is 1. The highest BCUT2D eigenvalue weighted by molar-refractivity contribution is 5.73. The van der Waals surface area contributed by atoms with Crippen molar-refractivity contribution in [2.24, 2.45) is 0 Å². The van der Waals surface area contributed by atoms with Crippen molar-refractivity contribution in [1.29, 1.82) is 0 Å². The molecule has 5 heteroatoms. The molecule has 2 rings (SSSR count). The molecule has 0 saturated carbocycles. The van der Waals surface area contributed by atoms with Gasteiger partial charge < -0.3 is 15.0 Å². The van der Waals surface area contributed by atoms with Crippen LogP contribution in [0.2, 0.25) is 0 Å². The Balaban J connectivity index is 1.89. The van der Waals surface area contributed by atoms with Gasteiger partial charge in [-0.15, -0.1) is 0 Å². The van der Waals surface area contributed by atoms with Crippen molar-refractivity contribution in [3.05, 3.63) is 35.9 Å². The first-order valence-corrected chi connectivity index (χ1v) is 5.92. The maximum absolute atomic E-state index is 11.6. The smallest absolute Gasteiger partial charge is 0.410 e. The lowest BCUT2D eigenvalue weighted by molar-refractivity contribution is -0.118. The van der Waals surface area contributed by atoms with E-state index in [9.17, 15) is 9.59 Å². The number of amides is 2. The minimum atomic E-state index is -0.325. The van der Waals surface area contributed by atoms with Gasteiger partial charge in [0.1, 0.15) is 6.10 Å². The van der Waals surface area contributed by atoms with Crippen LogP contribution >= 0.6 is 0 Å². The Bertz CT molecular complexity index is 433. The van der Waals surface area contributed by atoms with Gasteiger partial charge in [-0.3, -0.25) is 4.79 Å². The Kier molecular flexibility index (Phi) is 3.82. The summed E-state index contributed by atoms with van der Waals surface area (Å²) in [6.45, 7) is 2.91. The zero-order valence-electron chi connectivity index (χ0n) is 10.3. The summed E-state index contributed by atoms with van der Waals surface area (Å²) in [4.78, 5) is 24.0. The minimum Gasteiger partial charge on any atom is -0.439 e. The molecule has 1 aromatic rings. The molecular weight excluding hydrogens is 232 g/mol. The van der Waals surface area contributed by atoms with E-state index in [1.807, 2.05) is 30.3 Å². The molecule has 5 nitrogen and oxygen atoms in total. The van der Waals surface area contributed by atoms with Gasteiger partial charge >= 0.3 is 6.09 Å². The molecule has 18 heavy (non-hydrogen) atoms. The van der Waals surface area contributed by atoms with Crippen molar-refractivity contribution in [2.45, 2.75) is 13.0 Å². The van der Waals surface area contributed by atoms with Gasteiger partial charge in [-0.05, 0) is 5.56 Å². The maximum atomic E-state index is 11.6. The summed E-state index contributed by atoms with van der Waals surface area (Å²) in [5, 5.41) is 2.66. The molecule has 0 bridgehead atoms. The Morgan fingerprint density at radius 1 is 1.44 bits per heavy atom. The van der Waals surface area contributed by atoms with E-state index in [0.717, 1.165) is 5.56 Å². The first-order chi connectivity index (χ1) is 8.66. The van der Waals surface area contributed by atoms with Crippen molar-refractivity contribution in [3.8, 4) is 0 Å². The van der Waals surface area contributed by atoms with Crippen LogP contribution in [0.5, 0.6) is 0 Å². The van der Waals surface area contributed by atoms with Crippen molar-refractivity contribution in [2.75, 3.05) is 19.6 Å². The van der Waals surface area contributed by atoms with Crippen molar-refractivity contribution in [1.82, 2.24) is 10.2 Å². The second-order valence-electron chi connectivity index (χ2n) is 4.21. The summed E-state index contributed by atoms with van der Waals surface area (Å²) < 4.78 is 5.29. The van der Waals surface area contributed by atoms with Gasteiger partial charge in [-0.25, -0.2) is 4.79 Å². The number of carbonyl (C=O) groups excluding carboxylic acids is 2. The molecule has 1 aliphatic heterocycles. The summed E-state index contributed by atoms with van der Waals surface area (Å²) in [5.41, 5.74) is 0.993. The van der Waals surface area contributed by atoms with Crippen molar-refractivity contribution >= 4 is 12.0 Å². The number of hydrogen-bond acceptors (Lipinski definition) is 3. The fourth-order valence-corrected chi connectivity index (χ4v) is 1.90. The van der Waals surface area contributed by atoms with Gasteiger partial charge in [0, 0.05) is 20.0 Å². The first-order valence-electron chi connectivity index (χ1n) is 5.92. The third kappa shape index (κ3) is 3.00. The molecule has 1 heterocycles. The Morgan fingerprint density at radius 2 is 2.17 bits per heavy atom. The predicted molar refractivity (Wildman–Crippen MR) is 65.9 cm³/mol. The van der Waals surface area contributed by atoms with Crippen molar-refractivity contribution < 1.29 is 14.3 Å². The first kappa shape index (κ1) is 12.4. The quantitative estimate of drug-likeness (QED) is 0.874. The fourth-order valence-electron chi connectivity index (χ4n) is 1.90. The van der Waals surface area contributed by atoms with Crippen LogP contribution in [0.15, 0.2) is 30.3 Å². The Hall–Kier alpha value is -2.04. The number of hydrogen-bond donors (Lipinski definition) is 1. The number of rotatable bonds is 4. The molecule has 1 aromatic carbocycles. The van der Waals surface area contributed by atoms with Gasteiger partial charge in [0.25, 0.3) is 0 Å². The number of carbonyl (C=O) groups is 2. The number of ether oxygens (including phenoxy) is 1. The molecule has 96 valence electrons. The zero-order chi connectivity index (χ0) is 13.0. The molecule has 0 aromatic heterocycles. The molecule has 2 amide bonds. The summed E-state index contributed by atoms with van der Waals surface area (Å²) in [7, 11) is 0. The molecule has 1 aliphatic rings. The van der Waals surface area contributed by atoms with E-state index in [1.54, 1.807) is 4.90 Å². The predicted octanol–water partition coefficient (Wildman–Crippen LogP) is 1.32. The standard InChI is InChI=1S/C13H16N2O3/c1-10(16)14-7-8-15-9-12(18-13(15)17)11-5-3-2-4-6-11/h2-6,12H,7-9H2,1H3,(H,14,16). The molecule has 1 fully saturated rings. The normalized spacial score (nSPS) is 18.6. The molecule has 1 saturated heterocycles. The zero-order valence-corrected chi connectivity index (χ0v) is 10.3. The SMILES string of the molecule is CC(=O)NCCN1CC(c2ccccc2)OC1=O. The van der Waals surface area contributed by atoms with E-state index in [0.29, 0.717) is 19.6 Å². The third-order valence-corrected chi connectivity index (χ3v) is 2.81. The average molecular weight is 248 g/mol. The molecule has 0 radical (unpaired) electrons. The van der Waals surface area contributed by atoms with E-state index in [1.165, 1.54) is 6.92 Å². The van der Waals surface area contributed by atoms with Gasteiger partial charge in [-0.2, -0.15) is 0 Å². The Morgan fingerprint density at radius 3 is 2.83 bits per heavy atom. The van der Waals surface area contributed by atoms with Crippen LogP contribution in [-0.2, 0) is 9.53 Å². The molecular formula is C13H16N2O3. The highest BCUT2D eigenvalue weighted by Crippen LogP contribution is 2.25. The summed E-state index contributed by atoms with van der Waals surface area (Å²) >= 11 is 0. The van der Waals surface area contributed by atoms with E-state index >= 15 is 0 Å². The minimum absolute atomic E-state index is 0.0952.